The van der Waals surface area contributed by atoms with Crippen LogP contribution in [0.15, 0.2) is 48.5 Å². The molecule has 5 nitrogen and oxygen atoms in total. The molecule has 21 heavy (non-hydrogen) atoms. The summed E-state index contributed by atoms with van der Waals surface area (Å²) >= 11 is 0. The molecule has 3 rings (SSSR count). The number of benzene rings is 2. The van der Waals surface area contributed by atoms with Gasteiger partial charge in [0.15, 0.2) is 0 Å². The fourth-order valence-corrected chi connectivity index (χ4v) is 2.10. The molecule has 1 atom stereocenters. The lowest BCUT2D eigenvalue weighted by molar-refractivity contribution is 0.102. The van der Waals surface area contributed by atoms with Crippen LogP contribution in [0.4, 0.5) is 5.95 Å². The minimum absolute atomic E-state index is 0.244. The van der Waals surface area contributed by atoms with Crippen molar-refractivity contribution in [2.24, 2.45) is 0 Å². The average Bonchev–Trinajstić information content (AvgIpc) is 2.89. The first-order valence-corrected chi connectivity index (χ1v) is 6.67. The summed E-state index contributed by atoms with van der Waals surface area (Å²) in [4.78, 5) is 19.5. The molecule has 5 heteroatoms. The Hall–Kier alpha value is -2.66. The van der Waals surface area contributed by atoms with Crippen LogP contribution in [0.1, 0.15) is 28.9 Å². The first-order chi connectivity index (χ1) is 10.1. The van der Waals surface area contributed by atoms with Crippen LogP contribution in [0.5, 0.6) is 0 Å². The number of aromatic amines is 1. The van der Waals surface area contributed by atoms with E-state index < -0.39 is 6.10 Å². The number of hydrogen-bond acceptors (Lipinski definition) is 3. The van der Waals surface area contributed by atoms with E-state index in [4.69, 9.17) is 0 Å². The molecule has 0 radical (unpaired) electrons. The zero-order valence-electron chi connectivity index (χ0n) is 11.5. The minimum Gasteiger partial charge on any atom is -0.389 e. The normalized spacial score (nSPS) is 12.3. The Morgan fingerprint density at radius 2 is 1.90 bits per heavy atom. The number of hydrogen-bond donors (Lipinski definition) is 3. The fraction of sp³-hybridized carbons (Fsp3) is 0.125. The molecule has 1 heterocycles. The third-order valence-corrected chi connectivity index (χ3v) is 3.28. The predicted molar refractivity (Wildman–Crippen MR) is 81.1 cm³/mol. The first-order valence-electron chi connectivity index (χ1n) is 6.67. The number of anilines is 1. The van der Waals surface area contributed by atoms with Crippen LogP contribution < -0.4 is 5.32 Å². The zero-order chi connectivity index (χ0) is 14.8. The molecule has 0 bridgehead atoms. The van der Waals surface area contributed by atoms with Crippen LogP contribution >= 0.6 is 0 Å². The number of aliphatic hydroxyl groups is 1. The first kappa shape index (κ1) is 13.3. The van der Waals surface area contributed by atoms with Gasteiger partial charge in [-0.15, -0.1) is 0 Å². The van der Waals surface area contributed by atoms with Crippen LogP contribution in [0, 0.1) is 0 Å². The van der Waals surface area contributed by atoms with Gasteiger partial charge in [0, 0.05) is 5.56 Å². The number of aromatic nitrogens is 2. The number of rotatable bonds is 3. The average molecular weight is 281 g/mol. The molecule has 3 aromatic rings. The van der Waals surface area contributed by atoms with Crippen molar-refractivity contribution in [3.05, 3.63) is 59.7 Å². The third-order valence-electron chi connectivity index (χ3n) is 3.28. The number of imidazole rings is 1. The lowest BCUT2D eigenvalue weighted by atomic mass is 10.1. The van der Waals surface area contributed by atoms with Gasteiger partial charge in [0.05, 0.1) is 17.1 Å². The number of amides is 1. The largest absolute Gasteiger partial charge is 0.389 e. The van der Waals surface area contributed by atoms with Crippen molar-refractivity contribution in [3.63, 3.8) is 0 Å². The summed E-state index contributed by atoms with van der Waals surface area (Å²) in [6.45, 7) is 1.68. The summed E-state index contributed by atoms with van der Waals surface area (Å²) in [5.74, 6) is 0.173. The van der Waals surface area contributed by atoms with Crippen molar-refractivity contribution in [3.8, 4) is 0 Å². The van der Waals surface area contributed by atoms with Crippen LogP contribution in [0.3, 0.4) is 0 Å². The van der Waals surface area contributed by atoms with Crippen LogP contribution in [0.2, 0.25) is 0 Å². The Labute approximate surface area is 121 Å². The van der Waals surface area contributed by atoms with Crippen molar-refractivity contribution >= 4 is 22.9 Å². The van der Waals surface area contributed by atoms with Gasteiger partial charge in [-0.05, 0) is 36.8 Å². The summed E-state index contributed by atoms with van der Waals surface area (Å²) in [6.07, 6.45) is -0.544. The SMILES string of the molecule is CC(O)c1ccc(C(=O)Nc2nc3ccccc3[nH]2)cc1. The maximum atomic E-state index is 12.1. The van der Waals surface area contributed by atoms with Crippen molar-refractivity contribution < 1.29 is 9.90 Å². The van der Waals surface area contributed by atoms with E-state index in [-0.39, 0.29) is 5.91 Å². The fourth-order valence-electron chi connectivity index (χ4n) is 2.10. The van der Waals surface area contributed by atoms with Gasteiger partial charge in [-0.1, -0.05) is 24.3 Å². The highest BCUT2D eigenvalue weighted by molar-refractivity contribution is 6.03. The Bertz CT molecular complexity index is 743. The highest BCUT2D eigenvalue weighted by Crippen LogP contribution is 2.16. The van der Waals surface area contributed by atoms with Crippen molar-refractivity contribution in [1.82, 2.24) is 9.97 Å². The Kier molecular flexibility index (Phi) is 3.41. The van der Waals surface area contributed by atoms with Gasteiger partial charge in [0.1, 0.15) is 0 Å². The van der Waals surface area contributed by atoms with E-state index in [0.29, 0.717) is 11.5 Å². The maximum absolute atomic E-state index is 12.1. The van der Waals surface area contributed by atoms with Gasteiger partial charge < -0.3 is 10.1 Å². The molecule has 0 saturated carbocycles. The molecule has 0 spiro atoms. The van der Waals surface area contributed by atoms with Crippen molar-refractivity contribution in [1.29, 1.82) is 0 Å². The monoisotopic (exact) mass is 281 g/mol. The topological polar surface area (TPSA) is 78.0 Å². The van der Waals surface area contributed by atoms with Crippen LogP contribution in [-0.2, 0) is 0 Å². The summed E-state index contributed by atoms with van der Waals surface area (Å²) in [6, 6.07) is 14.4. The molecule has 0 aliphatic rings. The number of aliphatic hydroxyl groups excluding tert-OH is 1. The van der Waals surface area contributed by atoms with Gasteiger partial charge >= 0.3 is 0 Å². The van der Waals surface area contributed by atoms with E-state index in [0.717, 1.165) is 16.6 Å². The molecule has 106 valence electrons. The Morgan fingerprint density at radius 3 is 2.57 bits per heavy atom. The standard InChI is InChI=1S/C16H15N3O2/c1-10(20)11-6-8-12(9-7-11)15(21)19-16-17-13-4-2-3-5-14(13)18-16/h2-10,20H,1H3,(H2,17,18,19,21). The van der Waals surface area contributed by atoms with E-state index in [1.807, 2.05) is 24.3 Å². The van der Waals surface area contributed by atoms with Gasteiger partial charge in [0.2, 0.25) is 5.95 Å². The summed E-state index contributed by atoms with van der Waals surface area (Å²) in [7, 11) is 0. The number of carbonyl (C=O) groups excluding carboxylic acids is 1. The molecule has 0 aliphatic carbocycles. The van der Waals surface area contributed by atoms with E-state index in [1.165, 1.54) is 0 Å². The maximum Gasteiger partial charge on any atom is 0.257 e. The second-order valence-corrected chi connectivity index (χ2v) is 4.85. The molecule has 0 fully saturated rings. The van der Waals surface area contributed by atoms with Gasteiger partial charge in [-0.25, -0.2) is 4.98 Å². The van der Waals surface area contributed by atoms with Crippen LogP contribution in [-0.4, -0.2) is 21.0 Å². The Morgan fingerprint density at radius 1 is 1.19 bits per heavy atom. The predicted octanol–water partition coefficient (Wildman–Crippen LogP) is 2.87. The van der Waals surface area contributed by atoms with Gasteiger partial charge in [-0.2, -0.15) is 0 Å². The number of nitrogens with zero attached hydrogens (tertiary/aromatic N) is 1. The number of carbonyl (C=O) groups is 1. The van der Waals surface area contributed by atoms with E-state index >= 15 is 0 Å². The summed E-state index contributed by atoms with van der Waals surface area (Å²) in [5.41, 5.74) is 2.96. The minimum atomic E-state index is -0.544. The molecule has 1 amide bonds. The van der Waals surface area contributed by atoms with Crippen molar-refractivity contribution in [2.75, 3.05) is 5.32 Å². The van der Waals surface area contributed by atoms with Gasteiger partial charge in [0.25, 0.3) is 5.91 Å². The van der Waals surface area contributed by atoms with Crippen LogP contribution in [0.25, 0.3) is 11.0 Å². The number of para-hydroxylation sites is 2. The second-order valence-electron chi connectivity index (χ2n) is 4.85. The molecule has 1 aromatic heterocycles. The number of H-pyrrole nitrogens is 1. The molecule has 0 saturated heterocycles. The molecule has 1 unspecified atom stereocenters. The lowest BCUT2D eigenvalue weighted by Crippen LogP contribution is -2.13. The molecular formula is C16H15N3O2. The van der Waals surface area contributed by atoms with Crippen molar-refractivity contribution in [2.45, 2.75) is 13.0 Å². The number of nitrogens with one attached hydrogen (secondary N) is 2. The van der Waals surface area contributed by atoms with Gasteiger partial charge in [-0.3, -0.25) is 10.1 Å². The summed E-state index contributed by atoms with van der Waals surface area (Å²) in [5, 5.41) is 12.2. The quantitative estimate of drug-likeness (QED) is 0.690. The molecule has 2 aromatic carbocycles. The zero-order valence-corrected chi connectivity index (χ0v) is 11.5. The van der Waals surface area contributed by atoms with E-state index in [1.54, 1.807) is 31.2 Å². The lowest BCUT2D eigenvalue weighted by Gasteiger charge is -2.06. The van der Waals surface area contributed by atoms with E-state index in [9.17, 15) is 9.90 Å². The molecular weight excluding hydrogens is 266 g/mol. The second kappa shape index (κ2) is 5.38. The number of fused-ring (bicyclic) bond motifs is 1. The third kappa shape index (κ3) is 2.78. The summed E-state index contributed by atoms with van der Waals surface area (Å²) < 4.78 is 0. The molecule has 3 N–H and O–H groups in total. The smallest absolute Gasteiger partial charge is 0.257 e. The Balaban J connectivity index is 1.79. The highest BCUT2D eigenvalue weighted by atomic mass is 16.3. The highest BCUT2D eigenvalue weighted by Gasteiger charge is 2.10. The molecule has 0 aliphatic heterocycles. The van der Waals surface area contributed by atoms with E-state index in [2.05, 4.69) is 15.3 Å².